The Morgan fingerprint density at radius 1 is 0.868 bits per heavy atom. The molecular weight excluding hydrogens is 508 g/mol. The molecule has 2 aromatic carbocycles. The van der Waals surface area contributed by atoms with Gasteiger partial charge in [-0.2, -0.15) is 11.8 Å². The fourth-order valence-corrected chi connectivity index (χ4v) is 6.50. The topological polar surface area (TPSA) is 104 Å². The molecule has 2 N–H and O–H groups in total. The number of methoxy groups -OCH3 is 4. The van der Waals surface area contributed by atoms with E-state index >= 15 is 0 Å². The van der Waals surface area contributed by atoms with Crippen molar-refractivity contribution in [3.63, 3.8) is 0 Å². The highest BCUT2D eigenvalue weighted by Crippen LogP contribution is 2.39. The number of aryl methyl sites for hydroxylation is 2. The van der Waals surface area contributed by atoms with Gasteiger partial charge in [0.05, 0.1) is 40.5 Å². The van der Waals surface area contributed by atoms with Crippen LogP contribution in [-0.4, -0.2) is 63.5 Å². The highest BCUT2D eigenvalue weighted by molar-refractivity contribution is 8.00. The normalized spacial score (nSPS) is 19.8. The zero-order chi connectivity index (χ0) is 27.1. The van der Waals surface area contributed by atoms with E-state index in [1.807, 2.05) is 42.1 Å². The van der Waals surface area contributed by atoms with E-state index in [2.05, 4.69) is 10.6 Å². The van der Waals surface area contributed by atoms with Crippen LogP contribution >= 0.6 is 11.8 Å². The fourth-order valence-electron chi connectivity index (χ4n) is 4.96. The van der Waals surface area contributed by atoms with Gasteiger partial charge >= 0.3 is 12.0 Å². The van der Waals surface area contributed by atoms with Crippen molar-refractivity contribution < 1.29 is 33.3 Å². The largest absolute Gasteiger partial charge is 0.493 e. The monoisotopic (exact) mass is 544 g/mol. The molecule has 0 unspecified atom stereocenters. The second-order valence-corrected chi connectivity index (χ2v) is 10.6. The molecule has 0 bridgehead atoms. The standard InChI is InChI=1S/C28H36N2O7S/c1-33-20-12-11-17(9-10-18-14-22(34-2)27(36-4)23(15-18)35-3)13-21(20)37-25(31)8-6-5-7-24-26-19(16-38-24)29-28(32)30-26/h11-15,19,24,26H,5-10,16H2,1-4H3,(H2,29,30,32)/t19-,24-,26-/m1/s1. The number of nitrogens with one attached hydrogen (secondary N) is 2. The molecule has 3 atom stereocenters. The Morgan fingerprint density at radius 2 is 1.55 bits per heavy atom. The molecule has 2 aliphatic heterocycles. The van der Waals surface area contributed by atoms with E-state index in [1.165, 1.54) is 0 Å². The van der Waals surface area contributed by atoms with Crippen LogP contribution in [0.1, 0.15) is 36.8 Å². The number of unbranched alkanes of at least 4 members (excludes halogenated alkanes) is 1. The first-order valence-corrected chi connectivity index (χ1v) is 13.9. The predicted octanol–water partition coefficient (Wildman–Crippen LogP) is 4.14. The number of rotatable bonds is 13. The van der Waals surface area contributed by atoms with E-state index < -0.39 is 0 Å². The van der Waals surface area contributed by atoms with Gasteiger partial charge in [0.25, 0.3) is 0 Å². The molecule has 2 aliphatic rings. The first-order valence-electron chi connectivity index (χ1n) is 12.8. The summed E-state index contributed by atoms with van der Waals surface area (Å²) in [4.78, 5) is 24.1. The Balaban J connectivity index is 1.29. The molecule has 0 saturated carbocycles. The van der Waals surface area contributed by atoms with Gasteiger partial charge in [-0.3, -0.25) is 4.79 Å². The zero-order valence-electron chi connectivity index (χ0n) is 22.3. The second-order valence-electron chi connectivity index (χ2n) is 9.36. The average molecular weight is 545 g/mol. The van der Waals surface area contributed by atoms with Crippen molar-refractivity contribution in [2.75, 3.05) is 34.2 Å². The van der Waals surface area contributed by atoms with Crippen molar-refractivity contribution >= 4 is 23.8 Å². The number of carbonyl (C=O) groups excluding carboxylic acids is 2. The van der Waals surface area contributed by atoms with E-state index in [1.54, 1.807) is 28.4 Å². The summed E-state index contributed by atoms with van der Waals surface area (Å²) in [5.74, 6) is 3.39. The number of thioether (sulfide) groups is 1. The van der Waals surface area contributed by atoms with E-state index in [9.17, 15) is 9.59 Å². The molecule has 2 saturated heterocycles. The Kier molecular flexibility index (Phi) is 9.49. The van der Waals surface area contributed by atoms with Gasteiger partial charge in [-0.25, -0.2) is 4.79 Å². The van der Waals surface area contributed by atoms with Crippen molar-refractivity contribution in [1.29, 1.82) is 0 Å². The van der Waals surface area contributed by atoms with Crippen LogP contribution in [0, 0.1) is 0 Å². The van der Waals surface area contributed by atoms with Crippen LogP contribution in [0.25, 0.3) is 0 Å². The third-order valence-corrected chi connectivity index (χ3v) is 8.45. The van der Waals surface area contributed by atoms with Crippen molar-refractivity contribution in [1.82, 2.24) is 10.6 Å². The minimum absolute atomic E-state index is 0.0755. The van der Waals surface area contributed by atoms with Crippen LogP contribution in [-0.2, 0) is 17.6 Å². The Labute approximate surface area is 227 Å². The highest BCUT2D eigenvalue weighted by atomic mass is 32.2. The van der Waals surface area contributed by atoms with Gasteiger partial charge in [0, 0.05) is 17.4 Å². The zero-order valence-corrected chi connectivity index (χ0v) is 23.2. The summed E-state index contributed by atoms with van der Waals surface area (Å²) in [7, 11) is 6.34. The number of esters is 1. The first-order chi connectivity index (χ1) is 18.4. The quantitative estimate of drug-likeness (QED) is 0.168. The number of hydrogen-bond acceptors (Lipinski definition) is 8. The van der Waals surface area contributed by atoms with Crippen LogP contribution in [0.4, 0.5) is 4.79 Å². The van der Waals surface area contributed by atoms with E-state index in [4.69, 9.17) is 23.7 Å². The lowest BCUT2D eigenvalue weighted by molar-refractivity contribution is -0.134. The molecule has 2 fully saturated rings. The third-order valence-electron chi connectivity index (χ3n) is 6.94. The van der Waals surface area contributed by atoms with E-state index in [0.29, 0.717) is 40.4 Å². The van der Waals surface area contributed by atoms with Gasteiger partial charge < -0.3 is 34.3 Å². The maximum atomic E-state index is 12.6. The summed E-state index contributed by atoms with van der Waals surface area (Å²) >= 11 is 1.88. The van der Waals surface area contributed by atoms with Gasteiger partial charge in [-0.05, 0) is 61.1 Å². The number of amides is 2. The molecule has 9 nitrogen and oxygen atoms in total. The van der Waals surface area contributed by atoms with Crippen LogP contribution in [0.15, 0.2) is 30.3 Å². The smallest absolute Gasteiger partial charge is 0.315 e. The molecular formula is C28H36N2O7S. The lowest BCUT2D eigenvalue weighted by atomic mass is 10.0. The van der Waals surface area contributed by atoms with Gasteiger partial charge in [0.15, 0.2) is 23.0 Å². The van der Waals surface area contributed by atoms with Crippen LogP contribution in [0.3, 0.4) is 0 Å². The number of hydrogen-bond donors (Lipinski definition) is 2. The fraction of sp³-hybridized carbons (Fsp3) is 0.500. The van der Waals surface area contributed by atoms with Crippen LogP contribution < -0.4 is 34.3 Å². The molecule has 2 aromatic rings. The SMILES string of the molecule is COc1ccc(CCc2cc(OC)c(OC)c(OC)c2)cc1OC(=O)CCCC[C@H]1SC[C@H]2NC(=O)N[C@H]21. The van der Waals surface area contributed by atoms with Gasteiger partial charge in [-0.15, -0.1) is 0 Å². The number of fused-ring (bicyclic) bond motifs is 1. The van der Waals surface area contributed by atoms with Gasteiger partial charge in [-0.1, -0.05) is 12.5 Å². The lowest BCUT2D eigenvalue weighted by Crippen LogP contribution is -2.36. The Morgan fingerprint density at radius 3 is 2.24 bits per heavy atom. The van der Waals surface area contributed by atoms with Crippen molar-refractivity contribution in [3.05, 3.63) is 41.5 Å². The molecule has 10 heteroatoms. The molecule has 38 heavy (non-hydrogen) atoms. The minimum Gasteiger partial charge on any atom is -0.493 e. The third kappa shape index (κ3) is 6.59. The molecule has 2 heterocycles. The van der Waals surface area contributed by atoms with Gasteiger partial charge in [0.2, 0.25) is 5.75 Å². The molecule has 2 amide bonds. The van der Waals surface area contributed by atoms with Crippen molar-refractivity contribution in [2.24, 2.45) is 0 Å². The molecule has 0 radical (unpaired) electrons. The van der Waals surface area contributed by atoms with Gasteiger partial charge in [0.1, 0.15) is 0 Å². The second kappa shape index (κ2) is 13.0. The maximum Gasteiger partial charge on any atom is 0.315 e. The summed E-state index contributed by atoms with van der Waals surface area (Å²) in [6.45, 7) is 0. The number of carbonyl (C=O) groups is 2. The summed E-state index contributed by atoms with van der Waals surface area (Å²) in [6, 6.07) is 9.86. The minimum atomic E-state index is -0.280. The number of urea groups is 1. The Hall–Kier alpha value is -3.27. The first kappa shape index (κ1) is 27.8. The highest BCUT2D eigenvalue weighted by Gasteiger charge is 2.42. The summed E-state index contributed by atoms with van der Waals surface area (Å²) in [6.07, 6.45) is 4.37. The number of benzene rings is 2. The predicted molar refractivity (Wildman–Crippen MR) is 146 cm³/mol. The van der Waals surface area contributed by atoms with Crippen LogP contribution in [0.5, 0.6) is 28.7 Å². The number of ether oxygens (including phenoxy) is 5. The van der Waals surface area contributed by atoms with E-state index in [0.717, 1.165) is 49.0 Å². The van der Waals surface area contributed by atoms with Crippen molar-refractivity contribution in [3.8, 4) is 28.7 Å². The molecule has 0 aromatic heterocycles. The van der Waals surface area contributed by atoms with Crippen LogP contribution in [0.2, 0.25) is 0 Å². The summed E-state index contributed by atoms with van der Waals surface area (Å²) in [5.41, 5.74) is 2.05. The summed E-state index contributed by atoms with van der Waals surface area (Å²) in [5, 5.41) is 6.35. The maximum absolute atomic E-state index is 12.6. The molecule has 0 aliphatic carbocycles. The lowest BCUT2D eigenvalue weighted by Gasteiger charge is -2.16. The average Bonchev–Trinajstić information content (AvgIpc) is 3.48. The molecule has 0 spiro atoms. The Bertz CT molecular complexity index is 1120. The van der Waals surface area contributed by atoms with Crippen molar-refractivity contribution in [2.45, 2.75) is 55.9 Å². The summed E-state index contributed by atoms with van der Waals surface area (Å²) < 4.78 is 27.4. The molecule has 206 valence electrons. The molecule has 4 rings (SSSR count). The van der Waals surface area contributed by atoms with E-state index in [-0.39, 0.29) is 24.1 Å².